The van der Waals surface area contributed by atoms with E-state index in [1.807, 2.05) is 0 Å². The van der Waals surface area contributed by atoms with Crippen LogP contribution in [-0.4, -0.2) is 47.7 Å². The zero-order valence-corrected chi connectivity index (χ0v) is 7.25. The molecule has 0 bridgehead atoms. The van der Waals surface area contributed by atoms with Gasteiger partial charge in [0.05, 0.1) is 13.5 Å². The van der Waals surface area contributed by atoms with Crippen molar-refractivity contribution >= 4 is 0 Å². The minimum absolute atomic E-state index is 0.0870. The van der Waals surface area contributed by atoms with Crippen LogP contribution in [0, 0.1) is 0 Å². The van der Waals surface area contributed by atoms with Crippen molar-refractivity contribution < 1.29 is 10.2 Å². The average molecular weight is 162 g/mol. The minimum Gasteiger partial charge on any atom is -0.381 e. The fourth-order valence-electron chi connectivity index (χ4n) is 0.697. The molecule has 0 radical (unpaired) electrons. The maximum atomic E-state index is 8.63. The van der Waals surface area contributed by atoms with Crippen molar-refractivity contribution in [2.75, 3.05) is 26.6 Å². The van der Waals surface area contributed by atoms with Crippen molar-refractivity contribution in [2.24, 2.45) is 0 Å². The lowest BCUT2D eigenvalue weighted by atomic mass is 10.4. The molecule has 0 atom stereocenters. The van der Waals surface area contributed by atoms with Gasteiger partial charge in [0.1, 0.15) is 0 Å². The molecule has 68 valence electrons. The smallest absolute Gasteiger partial charge is 0.0974 e. The summed E-state index contributed by atoms with van der Waals surface area (Å²) in [4.78, 5) is 1.54. The molecule has 0 amide bonds. The molecule has 0 unspecified atom stereocenters. The molecule has 3 N–H and O–H groups in total. The summed E-state index contributed by atoms with van der Waals surface area (Å²) in [6, 6.07) is 0.453. The van der Waals surface area contributed by atoms with E-state index in [4.69, 9.17) is 10.2 Å². The van der Waals surface area contributed by atoms with E-state index in [1.165, 1.54) is 4.90 Å². The zero-order valence-electron chi connectivity index (χ0n) is 7.25. The number of rotatable bonds is 6. The number of aliphatic hydroxyl groups excluding tert-OH is 2. The lowest BCUT2D eigenvalue weighted by Crippen LogP contribution is -2.35. The highest BCUT2D eigenvalue weighted by Gasteiger charge is 1.99. The molecule has 0 heterocycles. The van der Waals surface area contributed by atoms with Gasteiger partial charge in [-0.15, -0.1) is 0 Å². The third-order valence-electron chi connectivity index (χ3n) is 1.38. The Morgan fingerprint density at radius 2 is 1.82 bits per heavy atom. The van der Waals surface area contributed by atoms with E-state index in [9.17, 15) is 0 Å². The first-order chi connectivity index (χ1) is 5.20. The summed E-state index contributed by atoms with van der Waals surface area (Å²) < 4.78 is 0. The molecule has 0 aliphatic heterocycles. The van der Waals surface area contributed by atoms with E-state index >= 15 is 0 Å². The van der Waals surface area contributed by atoms with E-state index in [0.717, 1.165) is 6.54 Å². The average Bonchev–Trinajstić information content (AvgIpc) is 1.98. The summed E-state index contributed by atoms with van der Waals surface area (Å²) in [6.45, 7) is 5.40. The maximum absolute atomic E-state index is 8.63. The van der Waals surface area contributed by atoms with Crippen LogP contribution in [0.4, 0.5) is 0 Å². The first kappa shape index (κ1) is 10.8. The first-order valence-corrected chi connectivity index (χ1v) is 3.88. The van der Waals surface area contributed by atoms with Crippen LogP contribution in [0.3, 0.4) is 0 Å². The molecule has 0 saturated heterocycles. The van der Waals surface area contributed by atoms with Gasteiger partial charge in [-0.25, -0.2) is 0 Å². The molecule has 4 heteroatoms. The SMILES string of the molecule is CC(C)NCCN(CO)CO. The molecule has 0 fully saturated rings. The molecule has 0 aromatic carbocycles. The van der Waals surface area contributed by atoms with Gasteiger partial charge >= 0.3 is 0 Å². The van der Waals surface area contributed by atoms with Crippen LogP contribution in [0.5, 0.6) is 0 Å². The molecule has 0 aromatic heterocycles. The lowest BCUT2D eigenvalue weighted by molar-refractivity contribution is 0.0302. The van der Waals surface area contributed by atoms with Crippen molar-refractivity contribution in [3.05, 3.63) is 0 Å². The quantitative estimate of drug-likeness (QED) is 0.447. The van der Waals surface area contributed by atoms with Crippen molar-refractivity contribution in [3.8, 4) is 0 Å². The van der Waals surface area contributed by atoms with Crippen molar-refractivity contribution in [1.29, 1.82) is 0 Å². The highest BCUT2D eigenvalue weighted by atomic mass is 16.3. The van der Waals surface area contributed by atoms with Crippen LogP contribution in [-0.2, 0) is 0 Å². The Labute approximate surface area is 67.8 Å². The van der Waals surface area contributed by atoms with Crippen LogP contribution in [0.15, 0.2) is 0 Å². The standard InChI is InChI=1S/C7H18N2O2/c1-7(2)8-3-4-9(5-10)6-11/h7-8,10-11H,3-6H2,1-2H3. The molecule has 0 aromatic rings. The summed E-state index contributed by atoms with van der Waals surface area (Å²) in [5.41, 5.74) is 0. The molecular formula is C7H18N2O2. The maximum Gasteiger partial charge on any atom is 0.0974 e. The van der Waals surface area contributed by atoms with Crippen LogP contribution >= 0.6 is 0 Å². The third-order valence-corrected chi connectivity index (χ3v) is 1.38. The second kappa shape index (κ2) is 6.54. The third kappa shape index (κ3) is 6.25. The van der Waals surface area contributed by atoms with Crippen molar-refractivity contribution in [1.82, 2.24) is 10.2 Å². The molecule has 0 saturated carbocycles. The molecule has 0 aliphatic rings. The highest BCUT2D eigenvalue weighted by molar-refractivity contribution is 4.55. The zero-order chi connectivity index (χ0) is 8.69. The van der Waals surface area contributed by atoms with E-state index in [1.54, 1.807) is 0 Å². The summed E-state index contributed by atoms with van der Waals surface area (Å²) in [5.74, 6) is 0. The van der Waals surface area contributed by atoms with Gasteiger partial charge < -0.3 is 15.5 Å². The van der Waals surface area contributed by atoms with Crippen LogP contribution in [0.1, 0.15) is 13.8 Å². The van der Waals surface area contributed by atoms with Gasteiger partial charge in [-0.3, -0.25) is 4.90 Å². The Kier molecular flexibility index (Phi) is 6.45. The highest BCUT2D eigenvalue weighted by Crippen LogP contribution is 1.82. The topological polar surface area (TPSA) is 55.7 Å². The van der Waals surface area contributed by atoms with Crippen LogP contribution < -0.4 is 5.32 Å². The Hall–Kier alpha value is -0.160. The fraction of sp³-hybridized carbons (Fsp3) is 1.00. The lowest BCUT2D eigenvalue weighted by Gasteiger charge is -2.17. The largest absolute Gasteiger partial charge is 0.381 e. The molecule has 0 rings (SSSR count). The predicted molar refractivity (Wildman–Crippen MR) is 44.0 cm³/mol. The van der Waals surface area contributed by atoms with Crippen LogP contribution in [0.2, 0.25) is 0 Å². The number of nitrogens with zero attached hydrogens (tertiary/aromatic N) is 1. The Balaban J connectivity index is 3.21. The van der Waals surface area contributed by atoms with Gasteiger partial charge in [-0.1, -0.05) is 13.8 Å². The molecule has 11 heavy (non-hydrogen) atoms. The Morgan fingerprint density at radius 3 is 2.18 bits per heavy atom. The number of hydrogen-bond acceptors (Lipinski definition) is 4. The fourth-order valence-corrected chi connectivity index (χ4v) is 0.697. The van der Waals surface area contributed by atoms with Gasteiger partial charge in [0, 0.05) is 19.1 Å². The van der Waals surface area contributed by atoms with Crippen molar-refractivity contribution in [2.45, 2.75) is 19.9 Å². The van der Waals surface area contributed by atoms with E-state index < -0.39 is 0 Å². The number of aliphatic hydroxyl groups is 2. The normalized spacial score (nSPS) is 11.5. The van der Waals surface area contributed by atoms with Gasteiger partial charge in [0.2, 0.25) is 0 Å². The molecule has 0 spiro atoms. The number of nitrogens with one attached hydrogen (secondary N) is 1. The number of hydrogen-bond donors (Lipinski definition) is 3. The van der Waals surface area contributed by atoms with Gasteiger partial charge in [-0.05, 0) is 0 Å². The predicted octanol–water partition coefficient (Wildman–Crippen LogP) is -0.814. The second-order valence-electron chi connectivity index (χ2n) is 2.79. The van der Waals surface area contributed by atoms with Gasteiger partial charge in [0.15, 0.2) is 0 Å². The monoisotopic (exact) mass is 162 g/mol. The Morgan fingerprint density at radius 1 is 1.27 bits per heavy atom. The van der Waals surface area contributed by atoms with Gasteiger partial charge in [0.25, 0.3) is 0 Å². The molecule has 0 aliphatic carbocycles. The Bertz CT molecular complexity index is 84.5. The molecule has 4 nitrogen and oxygen atoms in total. The second-order valence-corrected chi connectivity index (χ2v) is 2.79. The summed E-state index contributed by atoms with van der Waals surface area (Å²) in [5, 5.41) is 20.4. The van der Waals surface area contributed by atoms with Crippen molar-refractivity contribution in [3.63, 3.8) is 0 Å². The van der Waals surface area contributed by atoms with E-state index in [-0.39, 0.29) is 13.5 Å². The van der Waals surface area contributed by atoms with E-state index in [2.05, 4.69) is 19.2 Å². The summed E-state index contributed by atoms with van der Waals surface area (Å²) in [6.07, 6.45) is 0. The summed E-state index contributed by atoms with van der Waals surface area (Å²) >= 11 is 0. The van der Waals surface area contributed by atoms with Gasteiger partial charge in [-0.2, -0.15) is 0 Å². The first-order valence-electron chi connectivity index (χ1n) is 3.88. The minimum atomic E-state index is -0.0870. The molecular weight excluding hydrogens is 144 g/mol. The summed E-state index contributed by atoms with van der Waals surface area (Å²) in [7, 11) is 0. The van der Waals surface area contributed by atoms with E-state index in [0.29, 0.717) is 12.6 Å². The van der Waals surface area contributed by atoms with Crippen LogP contribution in [0.25, 0.3) is 0 Å².